The summed E-state index contributed by atoms with van der Waals surface area (Å²) in [5.74, 6) is 0.197. The van der Waals surface area contributed by atoms with Crippen molar-refractivity contribution in [3.63, 3.8) is 0 Å². The minimum atomic E-state index is 0.197. The molecule has 0 aliphatic heterocycles. The third-order valence-electron chi connectivity index (χ3n) is 2.31. The van der Waals surface area contributed by atoms with Crippen LogP contribution in [0.25, 0.3) is 0 Å². The zero-order chi connectivity index (χ0) is 11.7. The second kappa shape index (κ2) is 8.65. The van der Waals surface area contributed by atoms with E-state index in [1.165, 1.54) is 12.8 Å². The molecule has 0 spiro atoms. The van der Waals surface area contributed by atoms with E-state index in [0.29, 0.717) is 24.4 Å². The number of nitrogens with zero attached hydrogens (tertiary/aromatic N) is 1. The lowest BCUT2D eigenvalue weighted by Crippen LogP contribution is -2.34. The van der Waals surface area contributed by atoms with Gasteiger partial charge >= 0.3 is 0 Å². The summed E-state index contributed by atoms with van der Waals surface area (Å²) in [6.07, 6.45) is 4.60. The highest BCUT2D eigenvalue weighted by molar-refractivity contribution is 7.80. The first-order chi connectivity index (χ1) is 7.11. The lowest BCUT2D eigenvalue weighted by Gasteiger charge is -2.21. The van der Waals surface area contributed by atoms with E-state index in [1.807, 2.05) is 11.8 Å². The molecule has 0 aromatic rings. The van der Waals surface area contributed by atoms with E-state index >= 15 is 0 Å². The Morgan fingerprint density at radius 1 is 1.27 bits per heavy atom. The molecule has 0 atom stereocenters. The molecule has 3 nitrogen and oxygen atoms in total. The fourth-order valence-electron chi connectivity index (χ4n) is 1.38. The summed E-state index contributed by atoms with van der Waals surface area (Å²) in [7, 11) is 0. The Labute approximate surface area is 98.0 Å². The minimum Gasteiger partial charge on any atom is -0.393 e. The fraction of sp³-hybridized carbons (Fsp3) is 0.818. The van der Waals surface area contributed by atoms with Crippen LogP contribution in [0.15, 0.2) is 0 Å². The molecule has 4 heteroatoms. The van der Waals surface area contributed by atoms with E-state index < -0.39 is 0 Å². The smallest absolute Gasteiger partial charge is 0.222 e. The topological polar surface area (TPSA) is 46.3 Å². The Morgan fingerprint density at radius 2 is 1.93 bits per heavy atom. The number of carbonyl (C=O) groups is 1. The Bertz CT molecular complexity index is 207. The van der Waals surface area contributed by atoms with E-state index in [9.17, 15) is 4.79 Å². The van der Waals surface area contributed by atoms with Crippen molar-refractivity contribution in [1.82, 2.24) is 4.90 Å². The van der Waals surface area contributed by atoms with E-state index in [4.69, 9.17) is 18.0 Å². The molecular formula is C11H22N2OS. The highest BCUT2D eigenvalue weighted by Crippen LogP contribution is 2.02. The standard InChI is InChI=1S/C11H22N2OS/c1-3-5-6-8-13(11(14)4-2)9-7-10(12)15/h3-9H2,1-2H3,(H2,12,15). The second-order valence-electron chi connectivity index (χ2n) is 3.66. The molecule has 0 unspecified atom stereocenters. The van der Waals surface area contributed by atoms with Gasteiger partial charge in [0.2, 0.25) is 5.91 Å². The largest absolute Gasteiger partial charge is 0.393 e. The fourth-order valence-corrected chi connectivity index (χ4v) is 1.47. The van der Waals surface area contributed by atoms with Gasteiger partial charge in [0.25, 0.3) is 0 Å². The summed E-state index contributed by atoms with van der Waals surface area (Å²) in [6.45, 7) is 5.55. The van der Waals surface area contributed by atoms with Crippen LogP contribution >= 0.6 is 12.2 Å². The average Bonchev–Trinajstić information content (AvgIpc) is 2.21. The van der Waals surface area contributed by atoms with Crippen LogP contribution in [-0.4, -0.2) is 28.9 Å². The first-order valence-electron chi connectivity index (χ1n) is 5.67. The molecule has 15 heavy (non-hydrogen) atoms. The molecule has 0 heterocycles. The van der Waals surface area contributed by atoms with Crippen molar-refractivity contribution in [3.8, 4) is 0 Å². The molecular weight excluding hydrogens is 208 g/mol. The Morgan fingerprint density at radius 3 is 2.40 bits per heavy atom. The maximum Gasteiger partial charge on any atom is 0.222 e. The van der Waals surface area contributed by atoms with Crippen molar-refractivity contribution >= 4 is 23.1 Å². The van der Waals surface area contributed by atoms with Crippen molar-refractivity contribution in [2.45, 2.75) is 46.0 Å². The van der Waals surface area contributed by atoms with Crippen molar-refractivity contribution in [2.75, 3.05) is 13.1 Å². The van der Waals surface area contributed by atoms with Crippen LogP contribution in [-0.2, 0) is 4.79 Å². The van der Waals surface area contributed by atoms with Gasteiger partial charge in [0, 0.05) is 25.9 Å². The van der Waals surface area contributed by atoms with Crippen LogP contribution in [0, 0.1) is 0 Å². The number of carbonyl (C=O) groups excluding carboxylic acids is 1. The molecule has 0 radical (unpaired) electrons. The maximum atomic E-state index is 11.6. The summed E-state index contributed by atoms with van der Waals surface area (Å²) in [5, 5.41) is 0. The van der Waals surface area contributed by atoms with E-state index in [2.05, 4.69) is 6.92 Å². The first-order valence-corrected chi connectivity index (χ1v) is 6.08. The first kappa shape index (κ1) is 14.4. The third-order valence-corrected chi connectivity index (χ3v) is 2.52. The van der Waals surface area contributed by atoms with Gasteiger partial charge in [-0.05, 0) is 6.42 Å². The van der Waals surface area contributed by atoms with Crippen LogP contribution in [0.1, 0.15) is 46.0 Å². The molecule has 0 aromatic carbocycles. The Balaban J connectivity index is 3.95. The molecule has 0 aliphatic rings. The maximum absolute atomic E-state index is 11.6. The van der Waals surface area contributed by atoms with Gasteiger partial charge in [-0.1, -0.05) is 38.9 Å². The monoisotopic (exact) mass is 230 g/mol. The lowest BCUT2D eigenvalue weighted by molar-refractivity contribution is -0.130. The zero-order valence-corrected chi connectivity index (χ0v) is 10.6. The van der Waals surface area contributed by atoms with Crippen LogP contribution in [0.4, 0.5) is 0 Å². The molecule has 0 aliphatic carbocycles. The number of amides is 1. The molecule has 0 saturated carbocycles. The van der Waals surface area contributed by atoms with Crippen LogP contribution in [0.3, 0.4) is 0 Å². The Hall–Kier alpha value is -0.640. The quantitative estimate of drug-likeness (QED) is 0.513. The molecule has 1 amide bonds. The summed E-state index contributed by atoms with van der Waals surface area (Å²) < 4.78 is 0. The van der Waals surface area contributed by atoms with Gasteiger partial charge in [0.15, 0.2) is 0 Å². The predicted molar refractivity (Wildman–Crippen MR) is 67.8 cm³/mol. The number of nitrogens with two attached hydrogens (primary N) is 1. The van der Waals surface area contributed by atoms with Gasteiger partial charge < -0.3 is 10.6 Å². The molecule has 0 fully saturated rings. The number of rotatable bonds is 8. The van der Waals surface area contributed by atoms with E-state index in [0.717, 1.165) is 13.0 Å². The van der Waals surface area contributed by atoms with Crippen molar-refractivity contribution < 1.29 is 4.79 Å². The molecule has 0 saturated heterocycles. The summed E-state index contributed by atoms with van der Waals surface area (Å²) in [6, 6.07) is 0. The minimum absolute atomic E-state index is 0.197. The molecule has 88 valence electrons. The Kier molecular flexibility index (Phi) is 8.28. The molecule has 0 rings (SSSR count). The van der Waals surface area contributed by atoms with Crippen LogP contribution in [0.5, 0.6) is 0 Å². The van der Waals surface area contributed by atoms with Gasteiger partial charge in [0.1, 0.15) is 0 Å². The van der Waals surface area contributed by atoms with E-state index in [1.54, 1.807) is 0 Å². The molecule has 2 N–H and O–H groups in total. The van der Waals surface area contributed by atoms with E-state index in [-0.39, 0.29) is 5.91 Å². The van der Waals surface area contributed by atoms with Gasteiger partial charge in [0.05, 0.1) is 4.99 Å². The zero-order valence-electron chi connectivity index (χ0n) is 9.79. The SMILES string of the molecule is CCCCCN(CCC(N)=S)C(=O)CC. The molecule has 0 aromatic heterocycles. The lowest BCUT2D eigenvalue weighted by atomic mass is 10.2. The predicted octanol–water partition coefficient (Wildman–Crippen LogP) is 2.09. The van der Waals surface area contributed by atoms with Crippen molar-refractivity contribution in [2.24, 2.45) is 5.73 Å². The second-order valence-corrected chi connectivity index (χ2v) is 4.18. The average molecular weight is 230 g/mol. The summed E-state index contributed by atoms with van der Waals surface area (Å²) in [5.41, 5.74) is 5.43. The van der Waals surface area contributed by atoms with Crippen LogP contribution in [0.2, 0.25) is 0 Å². The highest BCUT2D eigenvalue weighted by atomic mass is 32.1. The number of unbranched alkanes of at least 4 members (excludes halogenated alkanes) is 2. The van der Waals surface area contributed by atoms with Crippen molar-refractivity contribution in [1.29, 1.82) is 0 Å². The van der Waals surface area contributed by atoms with Gasteiger partial charge in [-0.3, -0.25) is 4.79 Å². The number of hydrogen-bond acceptors (Lipinski definition) is 2. The van der Waals surface area contributed by atoms with Gasteiger partial charge in [-0.15, -0.1) is 0 Å². The molecule has 0 bridgehead atoms. The summed E-state index contributed by atoms with van der Waals surface area (Å²) in [4.78, 5) is 13.9. The number of hydrogen-bond donors (Lipinski definition) is 1. The van der Waals surface area contributed by atoms with Crippen molar-refractivity contribution in [3.05, 3.63) is 0 Å². The van der Waals surface area contributed by atoms with Gasteiger partial charge in [-0.2, -0.15) is 0 Å². The van der Waals surface area contributed by atoms with Crippen LogP contribution < -0.4 is 5.73 Å². The number of thiocarbonyl (C=S) groups is 1. The third kappa shape index (κ3) is 7.31. The highest BCUT2D eigenvalue weighted by Gasteiger charge is 2.10. The summed E-state index contributed by atoms with van der Waals surface area (Å²) >= 11 is 4.81. The normalized spacial score (nSPS) is 10.0. The van der Waals surface area contributed by atoms with Gasteiger partial charge in [-0.25, -0.2) is 0 Å².